The van der Waals surface area contributed by atoms with Crippen LogP contribution in [0.4, 0.5) is 0 Å². The molecule has 0 atom stereocenters. The predicted molar refractivity (Wildman–Crippen MR) is 66.1 cm³/mol. The van der Waals surface area contributed by atoms with Crippen LogP contribution in [0.15, 0.2) is 36.7 Å². The number of rotatable bonds is 6. The summed E-state index contributed by atoms with van der Waals surface area (Å²) >= 11 is 0. The van der Waals surface area contributed by atoms with Gasteiger partial charge in [-0.2, -0.15) is 5.10 Å². The Morgan fingerprint density at radius 3 is 2.94 bits per heavy atom. The van der Waals surface area contributed by atoms with Gasteiger partial charge in [-0.25, -0.2) is 0 Å². The number of aldehydes is 1. The molecule has 18 heavy (non-hydrogen) atoms. The molecule has 0 unspecified atom stereocenters. The number of methoxy groups -OCH3 is 1. The van der Waals surface area contributed by atoms with Crippen molar-refractivity contribution in [3.8, 4) is 11.5 Å². The van der Waals surface area contributed by atoms with Crippen LogP contribution in [0.1, 0.15) is 10.4 Å². The van der Waals surface area contributed by atoms with E-state index in [1.807, 2.05) is 12.3 Å². The predicted octanol–water partition coefficient (Wildman–Crippen LogP) is 1.78. The van der Waals surface area contributed by atoms with E-state index >= 15 is 0 Å². The molecule has 0 amide bonds. The van der Waals surface area contributed by atoms with Crippen molar-refractivity contribution in [1.29, 1.82) is 0 Å². The summed E-state index contributed by atoms with van der Waals surface area (Å²) in [5, 5.41) is 4.07. The minimum Gasteiger partial charge on any atom is -0.493 e. The van der Waals surface area contributed by atoms with Crippen LogP contribution >= 0.6 is 0 Å². The Balaban J connectivity index is 2.05. The molecule has 94 valence electrons. The molecule has 5 nitrogen and oxygen atoms in total. The molecule has 1 aromatic heterocycles. The summed E-state index contributed by atoms with van der Waals surface area (Å²) in [6, 6.07) is 7.05. The van der Waals surface area contributed by atoms with E-state index in [0.717, 1.165) is 6.29 Å². The number of hydrogen-bond donors (Lipinski definition) is 0. The third-order valence-electron chi connectivity index (χ3n) is 2.48. The van der Waals surface area contributed by atoms with Crippen LogP contribution in [-0.4, -0.2) is 29.8 Å². The Hall–Kier alpha value is -2.30. The van der Waals surface area contributed by atoms with Crippen LogP contribution in [0.2, 0.25) is 0 Å². The van der Waals surface area contributed by atoms with E-state index in [4.69, 9.17) is 9.47 Å². The summed E-state index contributed by atoms with van der Waals surface area (Å²) in [5.41, 5.74) is 0.481. The van der Waals surface area contributed by atoms with Crippen LogP contribution in [-0.2, 0) is 6.54 Å². The lowest BCUT2D eigenvalue weighted by Gasteiger charge is -2.12. The second-order valence-corrected chi connectivity index (χ2v) is 3.61. The molecule has 0 saturated heterocycles. The summed E-state index contributed by atoms with van der Waals surface area (Å²) in [5.74, 6) is 1.03. The molecule has 0 spiro atoms. The smallest absolute Gasteiger partial charge is 0.171 e. The Kier molecular flexibility index (Phi) is 3.96. The topological polar surface area (TPSA) is 53.4 Å². The van der Waals surface area contributed by atoms with Gasteiger partial charge in [0.15, 0.2) is 17.8 Å². The average molecular weight is 246 g/mol. The number of carbonyl (C=O) groups is 1. The Bertz CT molecular complexity index is 509. The van der Waals surface area contributed by atoms with Crippen LogP contribution < -0.4 is 9.47 Å². The van der Waals surface area contributed by atoms with Gasteiger partial charge in [0.2, 0.25) is 0 Å². The molecule has 5 heteroatoms. The lowest BCUT2D eigenvalue weighted by molar-refractivity contribution is 0.111. The van der Waals surface area contributed by atoms with Gasteiger partial charge in [0, 0.05) is 12.4 Å². The molecule has 0 bridgehead atoms. The fourth-order valence-electron chi connectivity index (χ4n) is 1.61. The summed E-state index contributed by atoms with van der Waals surface area (Å²) in [6.45, 7) is 1.03. The van der Waals surface area contributed by atoms with E-state index in [1.165, 1.54) is 0 Å². The highest BCUT2D eigenvalue weighted by molar-refractivity contribution is 5.81. The summed E-state index contributed by atoms with van der Waals surface area (Å²) in [6.07, 6.45) is 4.32. The number of ether oxygens (including phenoxy) is 2. The van der Waals surface area contributed by atoms with Gasteiger partial charge in [-0.05, 0) is 18.2 Å². The van der Waals surface area contributed by atoms with E-state index in [9.17, 15) is 4.79 Å². The van der Waals surface area contributed by atoms with Crippen molar-refractivity contribution in [3.05, 3.63) is 42.2 Å². The Morgan fingerprint density at radius 2 is 2.28 bits per heavy atom. The average Bonchev–Trinajstić information content (AvgIpc) is 2.92. The highest BCUT2D eigenvalue weighted by atomic mass is 16.5. The van der Waals surface area contributed by atoms with Crippen molar-refractivity contribution >= 4 is 6.29 Å². The molecule has 1 aromatic carbocycles. The summed E-state index contributed by atoms with van der Waals surface area (Å²) < 4.78 is 12.5. The monoisotopic (exact) mass is 246 g/mol. The van der Waals surface area contributed by atoms with Crippen molar-refractivity contribution in [2.24, 2.45) is 0 Å². The zero-order chi connectivity index (χ0) is 12.8. The van der Waals surface area contributed by atoms with Crippen molar-refractivity contribution in [1.82, 2.24) is 9.78 Å². The van der Waals surface area contributed by atoms with Crippen LogP contribution in [0, 0.1) is 0 Å². The van der Waals surface area contributed by atoms with E-state index in [2.05, 4.69) is 5.10 Å². The van der Waals surface area contributed by atoms with Crippen molar-refractivity contribution in [2.45, 2.75) is 6.54 Å². The minimum atomic E-state index is 0.420. The molecule has 0 radical (unpaired) electrons. The van der Waals surface area contributed by atoms with E-state index < -0.39 is 0 Å². The first kappa shape index (κ1) is 12.2. The number of benzene rings is 1. The standard InChI is InChI=1S/C13H14N2O3/c1-17-12-5-2-4-11(10-16)13(12)18-9-8-15-7-3-6-14-15/h2-7,10H,8-9H2,1H3. The van der Waals surface area contributed by atoms with Gasteiger partial charge < -0.3 is 9.47 Å². The van der Waals surface area contributed by atoms with Crippen molar-refractivity contribution in [3.63, 3.8) is 0 Å². The molecule has 0 fully saturated rings. The maximum atomic E-state index is 10.9. The van der Waals surface area contributed by atoms with E-state index in [0.29, 0.717) is 30.2 Å². The van der Waals surface area contributed by atoms with Gasteiger partial charge in [-0.3, -0.25) is 9.48 Å². The zero-order valence-electron chi connectivity index (χ0n) is 10.1. The molecule has 0 aliphatic carbocycles. The maximum absolute atomic E-state index is 10.9. The molecule has 0 aliphatic heterocycles. The highest BCUT2D eigenvalue weighted by Crippen LogP contribution is 2.29. The Morgan fingerprint density at radius 1 is 1.39 bits per heavy atom. The molecular weight excluding hydrogens is 232 g/mol. The number of para-hydroxylation sites is 1. The van der Waals surface area contributed by atoms with Crippen LogP contribution in [0.25, 0.3) is 0 Å². The van der Waals surface area contributed by atoms with Gasteiger partial charge >= 0.3 is 0 Å². The fraction of sp³-hybridized carbons (Fsp3) is 0.231. The number of carbonyl (C=O) groups excluding carboxylic acids is 1. The lowest BCUT2D eigenvalue weighted by atomic mass is 10.2. The molecule has 0 aliphatic rings. The highest BCUT2D eigenvalue weighted by Gasteiger charge is 2.09. The van der Waals surface area contributed by atoms with Crippen LogP contribution in [0.5, 0.6) is 11.5 Å². The quantitative estimate of drug-likeness (QED) is 0.729. The summed E-state index contributed by atoms with van der Waals surface area (Å²) in [7, 11) is 1.55. The van der Waals surface area contributed by atoms with Gasteiger partial charge in [0.05, 0.1) is 19.2 Å². The normalized spacial score (nSPS) is 10.1. The first-order chi connectivity index (χ1) is 8.85. The third-order valence-corrected chi connectivity index (χ3v) is 2.48. The molecule has 1 heterocycles. The number of aromatic nitrogens is 2. The zero-order valence-corrected chi connectivity index (χ0v) is 10.1. The lowest BCUT2D eigenvalue weighted by Crippen LogP contribution is -2.10. The van der Waals surface area contributed by atoms with Gasteiger partial charge in [-0.1, -0.05) is 6.07 Å². The molecule has 0 N–H and O–H groups in total. The largest absolute Gasteiger partial charge is 0.493 e. The van der Waals surface area contributed by atoms with Crippen LogP contribution in [0.3, 0.4) is 0 Å². The number of hydrogen-bond acceptors (Lipinski definition) is 4. The van der Waals surface area contributed by atoms with Gasteiger partial charge in [0.1, 0.15) is 6.61 Å². The molecular formula is C13H14N2O3. The summed E-state index contributed by atoms with van der Waals surface area (Å²) in [4.78, 5) is 10.9. The van der Waals surface area contributed by atoms with E-state index in [-0.39, 0.29) is 0 Å². The van der Waals surface area contributed by atoms with Crippen molar-refractivity contribution < 1.29 is 14.3 Å². The van der Waals surface area contributed by atoms with Gasteiger partial charge in [-0.15, -0.1) is 0 Å². The second-order valence-electron chi connectivity index (χ2n) is 3.61. The van der Waals surface area contributed by atoms with E-state index in [1.54, 1.807) is 36.2 Å². The molecule has 2 aromatic rings. The first-order valence-electron chi connectivity index (χ1n) is 5.57. The second kappa shape index (κ2) is 5.86. The number of nitrogens with zero attached hydrogens (tertiary/aromatic N) is 2. The Labute approximate surface area is 105 Å². The van der Waals surface area contributed by atoms with Gasteiger partial charge in [0.25, 0.3) is 0 Å². The third kappa shape index (κ3) is 2.68. The van der Waals surface area contributed by atoms with Crippen molar-refractivity contribution in [2.75, 3.05) is 13.7 Å². The SMILES string of the molecule is COc1cccc(C=O)c1OCCn1cccn1. The molecule has 2 rings (SSSR count). The first-order valence-corrected chi connectivity index (χ1v) is 5.57. The fourth-order valence-corrected chi connectivity index (χ4v) is 1.61. The maximum Gasteiger partial charge on any atom is 0.171 e. The molecule has 0 saturated carbocycles. The minimum absolute atomic E-state index is 0.420.